The summed E-state index contributed by atoms with van der Waals surface area (Å²) in [5.41, 5.74) is 0. The zero-order chi connectivity index (χ0) is 23.8. The van der Waals surface area contributed by atoms with Crippen LogP contribution in [0.2, 0.25) is 0 Å². The molecule has 0 aromatic rings. The Hall–Kier alpha value is -1.71. The van der Waals surface area contributed by atoms with E-state index in [1.165, 1.54) is 4.90 Å². The van der Waals surface area contributed by atoms with Gasteiger partial charge in [0.25, 0.3) is 0 Å². The van der Waals surface area contributed by atoms with Crippen molar-refractivity contribution >= 4 is 17.8 Å². The fourth-order valence-corrected chi connectivity index (χ4v) is 3.41. The van der Waals surface area contributed by atoms with E-state index >= 15 is 0 Å². The van der Waals surface area contributed by atoms with Gasteiger partial charge < -0.3 is 20.6 Å². The lowest BCUT2D eigenvalue weighted by atomic mass is 10.2. The Morgan fingerprint density at radius 3 is 2.41 bits per heavy atom. The minimum absolute atomic E-state index is 0.00658. The lowest BCUT2D eigenvalue weighted by Crippen LogP contribution is -2.50. The van der Waals surface area contributed by atoms with Crippen LogP contribution in [-0.4, -0.2) is 110 Å². The van der Waals surface area contributed by atoms with Crippen molar-refractivity contribution in [3.05, 3.63) is 0 Å². The molecule has 166 valence electrons. The molecular formula is C20H37N5O4. The van der Waals surface area contributed by atoms with E-state index in [0.29, 0.717) is 32.4 Å². The third-order valence-electron chi connectivity index (χ3n) is 5.19. The maximum Gasteiger partial charge on any atom is 0.303 e. The zero-order valence-electron chi connectivity index (χ0n) is 20.4. The van der Waals surface area contributed by atoms with Crippen LogP contribution in [0.3, 0.4) is 0 Å². The smallest absolute Gasteiger partial charge is 0.303 e. The van der Waals surface area contributed by atoms with Crippen molar-refractivity contribution < 1.29 is 23.6 Å². The predicted molar refractivity (Wildman–Crippen MR) is 111 cm³/mol. The molecule has 2 amide bonds. The standard InChI is InChI=1S/C20H37N5O4/c1-23-11-13-24(14-12-23)15-17-5-4-10-25(17)16-19(27)22-8-2-6-18(26)21-9-3-7-20(28)29/h17H,2-16H2,1H3,(H,21,26)(H,22,27)(H,28,29)/i10D2,17D. The summed E-state index contributed by atoms with van der Waals surface area (Å²) in [6.07, 6.45) is 1.62. The number of likely N-dealkylation sites (tertiary alicyclic amines) is 1. The second kappa shape index (κ2) is 12.8. The van der Waals surface area contributed by atoms with Crippen LogP contribution in [-0.2, 0) is 14.4 Å². The first-order valence-electron chi connectivity index (χ1n) is 12.0. The van der Waals surface area contributed by atoms with Gasteiger partial charge in [0.1, 0.15) is 0 Å². The van der Waals surface area contributed by atoms with Gasteiger partial charge in [-0.1, -0.05) is 0 Å². The second-order valence-electron chi connectivity index (χ2n) is 7.69. The number of amides is 2. The second-order valence-corrected chi connectivity index (χ2v) is 7.69. The van der Waals surface area contributed by atoms with Gasteiger partial charge in [-0.3, -0.25) is 24.2 Å². The van der Waals surface area contributed by atoms with Gasteiger partial charge in [0.15, 0.2) is 0 Å². The largest absolute Gasteiger partial charge is 0.481 e. The van der Waals surface area contributed by atoms with Crippen molar-refractivity contribution in [1.29, 1.82) is 0 Å². The van der Waals surface area contributed by atoms with Crippen LogP contribution in [0.5, 0.6) is 0 Å². The molecule has 2 heterocycles. The van der Waals surface area contributed by atoms with E-state index in [9.17, 15) is 14.4 Å². The van der Waals surface area contributed by atoms with Gasteiger partial charge in [-0.25, -0.2) is 0 Å². The molecule has 9 heteroatoms. The van der Waals surface area contributed by atoms with E-state index in [1.54, 1.807) is 0 Å². The molecule has 0 radical (unpaired) electrons. The monoisotopic (exact) mass is 414 g/mol. The summed E-state index contributed by atoms with van der Waals surface area (Å²) in [4.78, 5) is 40.4. The van der Waals surface area contributed by atoms with Gasteiger partial charge in [0.2, 0.25) is 11.8 Å². The minimum Gasteiger partial charge on any atom is -0.481 e. The minimum atomic E-state index is -1.71. The third-order valence-corrected chi connectivity index (χ3v) is 5.19. The van der Waals surface area contributed by atoms with E-state index in [4.69, 9.17) is 9.22 Å². The topological polar surface area (TPSA) is 105 Å². The summed E-state index contributed by atoms with van der Waals surface area (Å²) in [5, 5.41) is 13.9. The molecule has 2 rings (SSSR count). The van der Waals surface area contributed by atoms with Crippen molar-refractivity contribution in [3.8, 4) is 0 Å². The molecule has 2 aliphatic heterocycles. The number of carbonyl (C=O) groups is 3. The van der Waals surface area contributed by atoms with Crippen molar-refractivity contribution in [2.24, 2.45) is 0 Å². The van der Waals surface area contributed by atoms with Crippen LogP contribution < -0.4 is 10.6 Å². The van der Waals surface area contributed by atoms with E-state index in [2.05, 4.69) is 27.5 Å². The molecule has 2 saturated heterocycles. The molecule has 0 bridgehead atoms. The Kier molecular flexibility index (Phi) is 8.48. The van der Waals surface area contributed by atoms with Crippen LogP contribution in [0, 0.1) is 0 Å². The van der Waals surface area contributed by atoms with Crippen LogP contribution in [0.25, 0.3) is 0 Å². The highest BCUT2D eigenvalue weighted by molar-refractivity contribution is 5.78. The van der Waals surface area contributed by atoms with Gasteiger partial charge in [-0.2, -0.15) is 0 Å². The number of carbonyl (C=O) groups excluding carboxylic acids is 2. The summed E-state index contributed by atoms with van der Waals surface area (Å²) in [6, 6.07) is -1.15. The van der Waals surface area contributed by atoms with Crippen LogP contribution >= 0.6 is 0 Å². The molecule has 3 N–H and O–H groups in total. The number of carboxylic acids is 1. The number of piperazine rings is 1. The fourth-order valence-electron chi connectivity index (χ4n) is 3.41. The Labute approximate surface area is 178 Å². The summed E-state index contributed by atoms with van der Waals surface area (Å²) >= 11 is 0. The SMILES string of the molecule is [2H]C1([2H])CCC([2H])(CN2CCN(C)CC2)N1CC(=O)NCCCC(=O)NCCCC(=O)O. The predicted octanol–water partition coefficient (Wildman–Crippen LogP) is -0.424. The average Bonchev–Trinajstić information content (AvgIpc) is 2.94. The van der Waals surface area contributed by atoms with E-state index < -0.39 is 18.5 Å². The Morgan fingerprint density at radius 2 is 1.72 bits per heavy atom. The maximum absolute atomic E-state index is 12.4. The highest BCUT2D eigenvalue weighted by Gasteiger charge is 2.28. The summed E-state index contributed by atoms with van der Waals surface area (Å²) in [6.45, 7) is 2.59. The molecule has 0 aliphatic carbocycles. The molecule has 0 saturated carbocycles. The van der Waals surface area contributed by atoms with Crippen LogP contribution in [0.15, 0.2) is 0 Å². The molecule has 9 nitrogen and oxygen atoms in total. The molecular weight excluding hydrogens is 374 g/mol. The Balaban J connectivity index is 1.73. The van der Waals surface area contributed by atoms with Crippen molar-refractivity contribution in [2.75, 3.05) is 65.9 Å². The summed E-state index contributed by atoms with van der Waals surface area (Å²) in [7, 11) is 2.06. The highest BCUT2D eigenvalue weighted by atomic mass is 16.4. The normalized spacial score (nSPS) is 27.0. The first-order valence-corrected chi connectivity index (χ1v) is 10.5. The van der Waals surface area contributed by atoms with Gasteiger partial charge in [-0.05, 0) is 39.2 Å². The molecule has 0 aromatic heterocycles. The number of likely N-dealkylation sites (N-methyl/N-ethyl adjacent to an activating group) is 1. The Morgan fingerprint density at radius 1 is 1.07 bits per heavy atom. The third kappa shape index (κ3) is 9.56. The van der Waals surface area contributed by atoms with Gasteiger partial charge in [0.05, 0.1) is 6.54 Å². The number of nitrogens with one attached hydrogen (secondary N) is 2. The van der Waals surface area contributed by atoms with Crippen molar-refractivity contribution in [2.45, 2.75) is 44.5 Å². The van der Waals surface area contributed by atoms with E-state index in [1.807, 2.05) is 0 Å². The number of nitrogens with zero attached hydrogens (tertiary/aromatic N) is 3. The molecule has 29 heavy (non-hydrogen) atoms. The van der Waals surface area contributed by atoms with Gasteiger partial charge in [-0.15, -0.1) is 0 Å². The van der Waals surface area contributed by atoms with Crippen molar-refractivity contribution in [1.82, 2.24) is 25.3 Å². The Bertz CT molecular complexity index is 661. The van der Waals surface area contributed by atoms with E-state index in [-0.39, 0.29) is 44.2 Å². The molecule has 1 unspecified atom stereocenters. The van der Waals surface area contributed by atoms with Gasteiger partial charge in [0, 0.05) is 68.8 Å². The molecule has 0 aromatic carbocycles. The highest BCUT2D eigenvalue weighted by Crippen LogP contribution is 2.18. The zero-order valence-corrected chi connectivity index (χ0v) is 17.4. The number of hydrogen-bond donors (Lipinski definition) is 3. The maximum atomic E-state index is 12.4. The quantitative estimate of drug-likeness (QED) is 0.372. The van der Waals surface area contributed by atoms with Gasteiger partial charge >= 0.3 is 5.97 Å². The first kappa shape index (κ1) is 19.3. The molecule has 1 atom stereocenters. The lowest BCUT2D eigenvalue weighted by molar-refractivity contribution is -0.137. The number of aliphatic carboxylic acids is 1. The molecule has 2 fully saturated rings. The fraction of sp³-hybridized carbons (Fsp3) is 0.850. The molecule has 0 spiro atoms. The van der Waals surface area contributed by atoms with E-state index in [0.717, 1.165) is 26.2 Å². The first-order chi connectivity index (χ1) is 15.0. The lowest BCUT2D eigenvalue weighted by Gasteiger charge is -2.36. The van der Waals surface area contributed by atoms with Crippen molar-refractivity contribution in [3.63, 3.8) is 0 Å². The number of hydrogen-bond acceptors (Lipinski definition) is 6. The average molecular weight is 415 g/mol. The summed E-state index contributed by atoms with van der Waals surface area (Å²) < 4.78 is 25.5. The van der Waals surface area contributed by atoms with Crippen LogP contribution in [0.1, 0.15) is 42.6 Å². The summed E-state index contributed by atoms with van der Waals surface area (Å²) in [5.74, 6) is -1.45. The molecule has 2 aliphatic rings. The number of rotatable bonds is 12. The number of carboxylic acid groups (broad SMARTS) is 1. The van der Waals surface area contributed by atoms with Crippen LogP contribution in [0.4, 0.5) is 0 Å².